The third-order valence-corrected chi connectivity index (χ3v) is 2.93. The molecule has 1 saturated carbocycles. The SMILES string of the molecule is CC(=O)OC(C)(C)CN=CCC1CCCC1. The van der Waals surface area contributed by atoms with Gasteiger partial charge in [0, 0.05) is 6.92 Å². The van der Waals surface area contributed by atoms with E-state index >= 15 is 0 Å². The minimum atomic E-state index is -0.474. The summed E-state index contributed by atoms with van der Waals surface area (Å²) in [5.41, 5.74) is -0.474. The van der Waals surface area contributed by atoms with Gasteiger partial charge in [0.1, 0.15) is 5.60 Å². The molecule has 0 aromatic heterocycles. The van der Waals surface area contributed by atoms with Crippen molar-refractivity contribution in [1.29, 1.82) is 0 Å². The molecule has 3 heteroatoms. The molecule has 0 unspecified atom stereocenters. The summed E-state index contributed by atoms with van der Waals surface area (Å²) in [6.07, 6.45) is 8.52. The summed E-state index contributed by atoms with van der Waals surface area (Å²) < 4.78 is 5.16. The molecule has 0 amide bonds. The van der Waals surface area contributed by atoms with Gasteiger partial charge in [0.15, 0.2) is 0 Å². The Labute approximate surface area is 98.3 Å². The quantitative estimate of drug-likeness (QED) is 0.533. The van der Waals surface area contributed by atoms with Crippen LogP contribution in [0, 0.1) is 5.92 Å². The monoisotopic (exact) mass is 225 g/mol. The number of ether oxygens (including phenoxy) is 1. The highest BCUT2D eigenvalue weighted by atomic mass is 16.6. The number of carbonyl (C=O) groups is 1. The maximum atomic E-state index is 10.8. The molecule has 0 aromatic carbocycles. The number of esters is 1. The summed E-state index contributed by atoms with van der Waals surface area (Å²) in [5.74, 6) is 0.594. The molecule has 1 aliphatic rings. The largest absolute Gasteiger partial charge is 0.458 e. The van der Waals surface area contributed by atoms with Crippen LogP contribution in [0.3, 0.4) is 0 Å². The topological polar surface area (TPSA) is 38.7 Å². The van der Waals surface area contributed by atoms with Crippen LogP contribution in [0.2, 0.25) is 0 Å². The lowest BCUT2D eigenvalue weighted by Gasteiger charge is -2.21. The molecular formula is C13H23NO2. The normalized spacial score (nSPS) is 18.2. The van der Waals surface area contributed by atoms with Crippen molar-refractivity contribution in [2.75, 3.05) is 6.54 Å². The number of hydrogen-bond acceptors (Lipinski definition) is 3. The lowest BCUT2D eigenvalue weighted by Crippen LogP contribution is -2.30. The summed E-state index contributed by atoms with van der Waals surface area (Å²) in [5, 5.41) is 0. The van der Waals surface area contributed by atoms with Gasteiger partial charge >= 0.3 is 5.97 Å². The highest BCUT2D eigenvalue weighted by molar-refractivity contribution is 5.66. The zero-order valence-corrected chi connectivity index (χ0v) is 10.7. The van der Waals surface area contributed by atoms with Crippen molar-refractivity contribution in [2.45, 2.75) is 58.5 Å². The van der Waals surface area contributed by atoms with E-state index in [2.05, 4.69) is 4.99 Å². The first-order valence-electron chi connectivity index (χ1n) is 6.17. The molecule has 1 rings (SSSR count). The lowest BCUT2D eigenvalue weighted by molar-refractivity contribution is -0.152. The van der Waals surface area contributed by atoms with Crippen LogP contribution in [0.5, 0.6) is 0 Å². The standard InChI is InChI=1S/C13H23NO2/c1-11(15)16-13(2,3)10-14-9-8-12-6-4-5-7-12/h9,12H,4-8,10H2,1-3H3. The Kier molecular flexibility index (Phi) is 4.97. The van der Waals surface area contributed by atoms with E-state index < -0.39 is 5.60 Å². The Balaban J connectivity index is 2.21. The maximum Gasteiger partial charge on any atom is 0.303 e. The first kappa shape index (κ1) is 13.2. The van der Waals surface area contributed by atoms with Crippen molar-refractivity contribution in [3.8, 4) is 0 Å². The van der Waals surface area contributed by atoms with Gasteiger partial charge in [-0.3, -0.25) is 9.79 Å². The van der Waals surface area contributed by atoms with Gasteiger partial charge in [0.25, 0.3) is 0 Å². The zero-order valence-electron chi connectivity index (χ0n) is 10.7. The van der Waals surface area contributed by atoms with Gasteiger partial charge in [-0.2, -0.15) is 0 Å². The Hall–Kier alpha value is -0.860. The third-order valence-electron chi connectivity index (χ3n) is 2.93. The fraction of sp³-hybridized carbons (Fsp3) is 0.846. The van der Waals surface area contributed by atoms with E-state index in [1.807, 2.05) is 20.1 Å². The smallest absolute Gasteiger partial charge is 0.303 e. The van der Waals surface area contributed by atoms with Crippen LogP contribution < -0.4 is 0 Å². The van der Waals surface area contributed by atoms with Crippen LogP contribution in [0.15, 0.2) is 4.99 Å². The Morgan fingerprint density at radius 3 is 2.62 bits per heavy atom. The number of nitrogens with zero attached hydrogens (tertiary/aromatic N) is 1. The third kappa shape index (κ3) is 5.29. The lowest BCUT2D eigenvalue weighted by atomic mass is 10.1. The van der Waals surface area contributed by atoms with Crippen LogP contribution in [-0.4, -0.2) is 24.3 Å². The summed E-state index contributed by atoms with van der Waals surface area (Å²) in [6.45, 7) is 5.77. The van der Waals surface area contributed by atoms with Gasteiger partial charge in [-0.25, -0.2) is 0 Å². The van der Waals surface area contributed by atoms with E-state index in [1.54, 1.807) is 0 Å². The van der Waals surface area contributed by atoms with Crippen molar-refractivity contribution in [3.63, 3.8) is 0 Å². The molecule has 3 nitrogen and oxygen atoms in total. The average molecular weight is 225 g/mol. The van der Waals surface area contributed by atoms with E-state index in [9.17, 15) is 4.79 Å². The molecule has 92 valence electrons. The van der Waals surface area contributed by atoms with Crippen LogP contribution in [0.1, 0.15) is 52.9 Å². The molecule has 16 heavy (non-hydrogen) atoms. The van der Waals surface area contributed by atoms with Crippen LogP contribution in [0.25, 0.3) is 0 Å². The predicted octanol–water partition coefficient (Wildman–Crippen LogP) is 2.98. The van der Waals surface area contributed by atoms with Gasteiger partial charge in [-0.1, -0.05) is 25.7 Å². The van der Waals surface area contributed by atoms with E-state index in [0.717, 1.165) is 12.3 Å². The molecule has 1 aliphatic carbocycles. The fourth-order valence-electron chi connectivity index (χ4n) is 2.18. The number of aliphatic imine (C=N–C) groups is 1. The van der Waals surface area contributed by atoms with E-state index in [-0.39, 0.29) is 5.97 Å². The van der Waals surface area contributed by atoms with E-state index in [1.165, 1.54) is 32.6 Å². The summed E-state index contributed by atoms with van der Waals surface area (Å²) >= 11 is 0. The molecule has 0 radical (unpaired) electrons. The first-order valence-corrected chi connectivity index (χ1v) is 6.17. The van der Waals surface area contributed by atoms with Gasteiger partial charge < -0.3 is 4.74 Å². The molecule has 0 spiro atoms. The predicted molar refractivity (Wildman–Crippen MR) is 65.8 cm³/mol. The molecule has 0 aliphatic heterocycles. The number of hydrogen-bond donors (Lipinski definition) is 0. The molecule has 0 N–H and O–H groups in total. The zero-order chi connectivity index (χ0) is 12.0. The van der Waals surface area contributed by atoms with E-state index in [0.29, 0.717) is 6.54 Å². The van der Waals surface area contributed by atoms with Crippen molar-refractivity contribution in [3.05, 3.63) is 0 Å². The van der Waals surface area contributed by atoms with Crippen molar-refractivity contribution in [2.24, 2.45) is 10.9 Å². The highest BCUT2D eigenvalue weighted by Gasteiger charge is 2.20. The Morgan fingerprint density at radius 1 is 1.44 bits per heavy atom. The van der Waals surface area contributed by atoms with Gasteiger partial charge in [0.2, 0.25) is 0 Å². The maximum absolute atomic E-state index is 10.8. The molecule has 0 atom stereocenters. The van der Waals surface area contributed by atoms with Gasteiger partial charge in [0.05, 0.1) is 6.54 Å². The second kappa shape index (κ2) is 6.02. The van der Waals surface area contributed by atoms with E-state index in [4.69, 9.17) is 4.74 Å². The van der Waals surface area contributed by atoms with Gasteiger partial charge in [-0.15, -0.1) is 0 Å². The molecule has 1 fully saturated rings. The van der Waals surface area contributed by atoms with Crippen LogP contribution in [0.4, 0.5) is 0 Å². The fourth-order valence-corrected chi connectivity index (χ4v) is 2.18. The van der Waals surface area contributed by atoms with Crippen molar-refractivity contribution in [1.82, 2.24) is 0 Å². The minimum Gasteiger partial charge on any atom is -0.458 e. The van der Waals surface area contributed by atoms with Crippen LogP contribution >= 0.6 is 0 Å². The van der Waals surface area contributed by atoms with Crippen molar-refractivity contribution >= 4 is 12.2 Å². The number of carbonyl (C=O) groups excluding carboxylic acids is 1. The molecule has 0 saturated heterocycles. The number of rotatable bonds is 5. The first-order chi connectivity index (χ1) is 7.49. The summed E-state index contributed by atoms with van der Waals surface area (Å²) in [7, 11) is 0. The molecule has 0 aromatic rings. The molecule has 0 heterocycles. The van der Waals surface area contributed by atoms with Crippen molar-refractivity contribution < 1.29 is 9.53 Å². The Morgan fingerprint density at radius 2 is 2.06 bits per heavy atom. The molecule has 0 bridgehead atoms. The van der Waals surface area contributed by atoms with Crippen LogP contribution in [-0.2, 0) is 9.53 Å². The second-order valence-electron chi connectivity index (χ2n) is 5.26. The highest BCUT2D eigenvalue weighted by Crippen LogP contribution is 2.26. The summed E-state index contributed by atoms with van der Waals surface area (Å²) in [4.78, 5) is 15.2. The minimum absolute atomic E-state index is 0.240. The van der Waals surface area contributed by atoms with Gasteiger partial charge in [-0.05, 0) is 32.4 Å². The molecular weight excluding hydrogens is 202 g/mol. The second-order valence-corrected chi connectivity index (χ2v) is 5.26. The summed E-state index contributed by atoms with van der Waals surface area (Å²) in [6, 6.07) is 0. The average Bonchev–Trinajstić information content (AvgIpc) is 2.62. The Bertz CT molecular complexity index is 253.